The number of carboxylic acids is 1. The number of aliphatic carboxylic acids is 1. The van der Waals surface area contributed by atoms with Crippen molar-refractivity contribution in [1.82, 2.24) is 0 Å². The van der Waals surface area contributed by atoms with Gasteiger partial charge in [0.15, 0.2) is 11.5 Å². The number of methoxy groups -OCH3 is 2. The van der Waals surface area contributed by atoms with Crippen LogP contribution in [0.2, 0.25) is 0 Å². The van der Waals surface area contributed by atoms with Gasteiger partial charge in [-0.2, -0.15) is 0 Å². The second-order valence-corrected chi connectivity index (χ2v) is 2.90. The van der Waals surface area contributed by atoms with Crippen LogP contribution in [-0.2, 0) is 4.79 Å². The van der Waals surface area contributed by atoms with E-state index in [1.54, 1.807) is 0 Å². The van der Waals surface area contributed by atoms with Crippen LogP contribution in [0.15, 0.2) is 24.5 Å². The molecule has 0 aliphatic rings. The van der Waals surface area contributed by atoms with Gasteiger partial charge in [-0.05, 0) is 17.7 Å². The van der Waals surface area contributed by atoms with Crippen LogP contribution >= 0.6 is 0 Å². The first-order chi connectivity index (χ1) is 7.63. The lowest BCUT2D eigenvalue weighted by molar-refractivity contribution is -0.130. The Kier molecular flexibility index (Phi) is 3.88. The number of benzene rings is 1. The minimum atomic E-state index is -1.34. The first kappa shape index (κ1) is 12.0. The first-order valence-corrected chi connectivity index (χ1v) is 4.40. The van der Waals surface area contributed by atoms with Crippen molar-refractivity contribution in [2.24, 2.45) is 0 Å². The Balaban J connectivity index is 3.22. The second-order valence-electron chi connectivity index (χ2n) is 2.90. The summed E-state index contributed by atoms with van der Waals surface area (Å²) in [5.74, 6) is -0.537. The van der Waals surface area contributed by atoms with E-state index in [-0.39, 0.29) is 11.9 Å². The predicted molar refractivity (Wildman–Crippen MR) is 56.3 cm³/mol. The Morgan fingerprint density at radius 3 is 2.38 bits per heavy atom. The molecular formula is C11H11FO4. The van der Waals surface area contributed by atoms with E-state index in [1.165, 1.54) is 32.4 Å². The molecular weight excluding hydrogens is 215 g/mol. The summed E-state index contributed by atoms with van der Waals surface area (Å²) in [7, 11) is 2.88. The average molecular weight is 226 g/mol. The van der Waals surface area contributed by atoms with E-state index < -0.39 is 11.5 Å². The molecule has 0 spiro atoms. The fraction of sp³-hybridized carbons (Fsp3) is 0.182. The van der Waals surface area contributed by atoms with Gasteiger partial charge in [0.1, 0.15) is 6.33 Å². The molecule has 0 aliphatic carbocycles. The van der Waals surface area contributed by atoms with Crippen molar-refractivity contribution in [1.29, 1.82) is 0 Å². The summed E-state index contributed by atoms with van der Waals surface area (Å²) in [5, 5.41) is 8.74. The summed E-state index contributed by atoms with van der Waals surface area (Å²) in [4.78, 5) is 10.7. The van der Waals surface area contributed by atoms with Crippen LogP contribution in [0.3, 0.4) is 0 Å². The third-order valence-electron chi connectivity index (χ3n) is 2.03. The molecule has 1 aromatic rings. The van der Waals surface area contributed by atoms with Crippen LogP contribution in [0.4, 0.5) is 4.39 Å². The Labute approximate surface area is 91.9 Å². The number of rotatable bonds is 4. The zero-order valence-corrected chi connectivity index (χ0v) is 8.86. The Morgan fingerprint density at radius 2 is 1.94 bits per heavy atom. The number of ether oxygens (including phenoxy) is 2. The maximum atomic E-state index is 12.4. The smallest absolute Gasteiger partial charge is 0.338 e. The molecule has 16 heavy (non-hydrogen) atoms. The van der Waals surface area contributed by atoms with E-state index in [2.05, 4.69) is 0 Å². The highest BCUT2D eigenvalue weighted by Gasteiger charge is 2.13. The van der Waals surface area contributed by atoms with E-state index in [0.29, 0.717) is 11.5 Å². The van der Waals surface area contributed by atoms with Crippen molar-refractivity contribution in [3.05, 3.63) is 30.1 Å². The van der Waals surface area contributed by atoms with E-state index in [0.717, 1.165) is 0 Å². The van der Waals surface area contributed by atoms with Gasteiger partial charge < -0.3 is 14.6 Å². The summed E-state index contributed by atoms with van der Waals surface area (Å²) >= 11 is 0. The molecule has 0 amide bonds. The minimum Gasteiger partial charge on any atom is -0.493 e. The summed E-state index contributed by atoms with van der Waals surface area (Å²) < 4.78 is 22.4. The first-order valence-electron chi connectivity index (χ1n) is 4.40. The molecule has 0 atom stereocenters. The molecule has 0 heterocycles. The molecule has 1 aromatic carbocycles. The highest BCUT2D eigenvalue weighted by atomic mass is 19.1. The molecule has 5 heteroatoms. The van der Waals surface area contributed by atoms with Crippen LogP contribution in [0.5, 0.6) is 11.5 Å². The molecule has 0 saturated carbocycles. The largest absolute Gasteiger partial charge is 0.493 e. The summed E-state index contributed by atoms with van der Waals surface area (Å²) in [6, 6.07) is 4.36. The number of hydrogen-bond donors (Lipinski definition) is 1. The quantitative estimate of drug-likeness (QED) is 0.799. The van der Waals surface area contributed by atoms with Crippen molar-refractivity contribution >= 4 is 11.5 Å². The topological polar surface area (TPSA) is 55.8 Å². The molecule has 0 unspecified atom stereocenters. The summed E-state index contributed by atoms with van der Waals surface area (Å²) in [6.45, 7) is 0. The van der Waals surface area contributed by atoms with E-state index in [4.69, 9.17) is 14.6 Å². The molecule has 0 fully saturated rings. The fourth-order valence-corrected chi connectivity index (χ4v) is 1.24. The van der Waals surface area contributed by atoms with Gasteiger partial charge in [-0.3, -0.25) is 0 Å². The minimum absolute atomic E-state index is 0.0452. The second kappa shape index (κ2) is 5.16. The monoisotopic (exact) mass is 226 g/mol. The molecule has 0 aliphatic heterocycles. The van der Waals surface area contributed by atoms with Gasteiger partial charge in [0.25, 0.3) is 0 Å². The lowest BCUT2D eigenvalue weighted by Gasteiger charge is -2.09. The number of hydrogen-bond acceptors (Lipinski definition) is 3. The molecule has 0 saturated heterocycles. The standard InChI is InChI=1S/C11H11FO4/c1-15-9-4-3-7(5-10(9)16-2)8(6-12)11(13)14/h3-6H,1-2H3,(H,13,14). The zero-order chi connectivity index (χ0) is 12.1. The van der Waals surface area contributed by atoms with Crippen LogP contribution in [0.1, 0.15) is 5.56 Å². The predicted octanol–water partition coefficient (Wildman–Crippen LogP) is 2.10. The van der Waals surface area contributed by atoms with Crippen LogP contribution < -0.4 is 9.47 Å². The SMILES string of the molecule is COc1ccc(C(=CF)C(=O)O)cc1OC. The number of carbonyl (C=O) groups is 1. The van der Waals surface area contributed by atoms with Gasteiger partial charge in [-0.1, -0.05) is 6.07 Å². The van der Waals surface area contributed by atoms with Crippen molar-refractivity contribution in [3.63, 3.8) is 0 Å². The lowest BCUT2D eigenvalue weighted by atomic mass is 10.1. The molecule has 0 aromatic heterocycles. The zero-order valence-electron chi connectivity index (χ0n) is 8.86. The maximum Gasteiger partial charge on any atom is 0.338 e. The normalized spacial score (nSPS) is 11.1. The van der Waals surface area contributed by atoms with E-state index in [1.807, 2.05) is 0 Å². The van der Waals surface area contributed by atoms with Crippen molar-refractivity contribution in [2.45, 2.75) is 0 Å². The lowest BCUT2D eigenvalue weighted by Crippen LogP contribution is -2.00. The van der Waals surface area contributed by atoms with Gasteiger partial charge in [0.2, 0.25) is 0 Å². The van der Waals surface area contributed by atoms with Gasteiger partial charge in [0, 0.05) is 0 Å². The maximum absolute atomic E-state index is 12.4. The highest BCUT2D eigenvalue weighted by Crippen LogP contribution is 2.30. The fourth-order valence-electron chi connectivity index (χ4n) is 1.24. The van der Waals surface area contributed by atoms with Gasteiger partial charge in [-0.25, -0.2) is 9.18 Å². The molecule has 4 nitrogen and oxygen atoms in total. The van der Waals surface area contributed by atoms with E-state index >= 15 is 0 Å². The molecule has 1 N–H and O–H groups in total. The number of carboxylic acid groups (broad SMARTS) is 1. The highest BCUT2D eigenvalue weighted by molar-refractivity contribution is 6.15. The molecule has 0 radical (unpaired) electrons. The van der Waals surface area contributed by atoms with Crippen LogP contribution in [0, 0.1) is 0 Å². The number of halogens is 1. The van der Waals surface area contributed by atoms with Crippen molar-refractivity contribution in [2.75, 3.05) is 14.2 Å². The summed E-state index contributed by atoms with van der Waals surface area (Å²) in [6.07, 6.45) is 0.0452. The summed E-state index contributed by atoms with van der Waals surface area (Å²) in [5.41, 5.74) is -0.214. The molecule has 86 valence electrons. The Morgan fingerprint density at radius 1 is 1.31 bits per heavy atom. The molecule has 0 bridgehead atoms. The third-order valence-corrected chi connectivity index (χ3v) is 2.03. The van der Waals surface area contributed by atoms with Crippen molar-refractivity contribution < 1.29 is 23.8 Å². The Hall–Kier alpha value is -2.04. The average Bonchev–Trinajstić information content (AvgIpc) is 2.29. The van der Waals surface area contributed by atoms with Gasteiger partial charge >= 0.3 is 5.97 Å². The van der Waals surface area contributed by atoms with E-state index in [9.17, 15) is 9.18 Å². The van der Waals surface area contributed by atoms with Crippen molar-refractivity contribution in [3.8, 4) is 11.5 Å². The van der Waals surface area contributed by atoms with Gasteiger partial charge in [0.05, 0.1) is 19.8 Å². The van der Waals surface area contributed by atoms with Crippen LogP contribution in [0.25, 0.3) is 5.57 Å². The van der Waals surface area contributed by atoms with Crippen LogP contribution in [-0.4, -0.2) is 25.3 Å². The third kappa shape index (κ3) is 2.31. The van der Waals surface area contributed by atoms with Gasteiger partial charge in [-0.15, -0.1) is 0 Å². The Bertz CT molecular complexity index is 426. The molecule has 1 rings (SSSR count).